The second kappa shape index (κ2) is 17.0. The molecule has 8 nitrogen and oxygen atoms in total. The highest BCUT2D eigenvalue weighted by molar-refractivity contribution is 6.32. The van der Waals surface area contributed by atoms with Gasteiger partial charge in [0.25, 0.3) is 0 Å². The predicted molar refractivity (Wildman–Crippen MR) is 182 cm³/mol. The van der Waals surface area contributed by atoms with E-state index >= 15 is 0 Å². The second-order valence-corrected chi connectivity index (χ2v) is 11.8. The summed E-state index contributed by atoms with van der Waals surface area (Å²) >= 11 is 24.2. The van der Waals surface area contributed by atoms with Gasteiger partial charge in [0.2, 0.25) is 0 Å². The zero-order valence-electron chi connectivity index (χ0n) is 24.8. The molecule has 0 heterocycles. The Hall–Kier alpha value is -4.08. The number of methoxy groups -OCH3 is 2. The van der Waals surface area contributed by atoms with E-state index in [0.717, 1.165) is 11.1 Å². The average Bonchev–Trinajstić information content (AvgIpc) is 2.96. The van der Waals surface area contributed by atoms with Crippen molar-refractivity contribution < 1.29 is 40.1 Å². The Labute approximate surface area is 286 Å². The highest BCUT2D eigenvalue weighted by atomic mass is 35.5. The van der Waals surface area contributed by atoms with Crippen molar-refractivity contribution in [2.75, 3.05) is 14.2 Å². The third-order valence-electron chi connectivity index (χ3n) is 6.46. The molecular weight excluding hydrogens is 678 g/mol. The number of allylic oxidation sites excluding steroid dienone is 4. The summed E-state index contributed by atoms with van der Waals surface area (Å²) in [6, 6.07) is 14.8. The molecule has 46 heavy (non-hydrogen) atoms. The monoisotopic (exact) mass is 708 g/mol. The molecule has 6 N–H and O–H groups in total. The molecule has 0 unspecified atom stereocenters. The third kappa shape index (κ3) is 11.1. The summed E-state index contributed by atoms with van der Waals surface area (Å²) in [7, 11) is 3.12. The van der Waals surface area contributed by atoms with Crippen LogP contribution in [0.4, 0.5) is 0 Å². The van der Waals surface area contributed by atoms with Crippen LogP contribution >= 0.6 is 46.4 Å². The molecule has 12 heteroatoms. The Morgan fingerprint density at radius 1 is 0.543 bits per heavy atom. The first-order valence-electron chi connectivity index (χ1n) is 13.6. The van der Waals surface area contributed by atoms with Crippen molar-refractivity contribution in [3.63, 3.8) is 0 Å². The summed E-state index contributed by atoms with van der Waals surface area (Å²) in [4.78, 5) is 0. The summed E-state index contributed by atoms with van der Waals surface area (Å²) in [6.07, 6.45) is 5.07. The smallest absolute Gasteiger partial charge is 0.138 e. The minimum atomic E-state index is -0.114. The van der Waals surface area contributed by atoms with E-state index in [0.29, 0.717) is 63.4 Å². The number of aromatic hydroxyl groups is 6. The minimum absolute atomic E-state index is 0.00132. The second-order valence-electron chi connectivity index (χ2n) is 10.0. The molecule has 0 saturated carbocycles. The van der Waals surface area contributed by atoms with Gasteiger partial charge in [-0.25, -0.2) is 0 Å². The maximum absolute atomic E-state index is 9.76. The molecule has 0 bridgehead atoms. The Morgan fingerprint density at radius 2 is 1.00 bits per heavy atom. The van der Waals surface area contributed by atoms with Crippen LogP contribution in [-0.2, 0) is 25.7 Å². The standard InChI is InChI=1S/C18H18Cl2O4.C16H14Cl2O4/c1-23-17-10-16(20)18(24-2)8-12(17)3-4-13(19)5-11-6-14(21)9-15(22)7-11;17-11(3-9-4-12(19)7-13(20)5-9)2-1-10-6-16(22)14(18)8-15(10)21/h4,6-10,21-22H,3,5H2,1-2H3;2,4-8,19-22H,1,3H2/b13-4+;11-2+. The van der Waals surface area contributed by atoms with Gasteiger partial charge < -0.3 is 40.1 Å². The van der Waals surface area contributed by atoms with Gasteiger partial charge in [-0.1, -0.05) is 58.6 Å². The van der Waals surface area contributed by atoms with E-state index in [2.05, 4.69) is 0 Å². The average molecular weight is 710 g/mol. The van der Waals surface area contributed by atoms with E-state index in [1.165, 1.54) is 36.4 Å². The first-order valence-corrected chi connectivity index (χ1v) is 15.1. The lowest BCUT2D eigenvalue weighted by Crippen LogP contribution is -1.94. The van der Waals surface area contributed by atoms with Crippen LogP contribution in [0.5, 0.6) is 46.0 Å². The molecule has 0 aliphatic heterocycles. The molecule has 4 aromatic carbocycles. The summed E-state index contributed by atoms with van der Waals surface area (Å²) < 4.78 is 10.5. The van der Waals surface area contributed by atoms with E-state index in [1.54, 1.807) is 38.5 Å². The molecule has 0 aliphatic carbocycles. The summed E-state index contributed by atoms with van der Waals surface area (Å²) in [5.74, 6) is 0.985. The largest absolute Gasteiger partial charge is 0.508 e. The van der Waals surface area contributed by atoms with Gasteiger partial charge >= 0.3 is 0 Å². The minimum Gasteiger partial charge on any atom is -0.508 e. The van der Waals surface area contributed by atoms with Gasteiger partial charge in [-0.3, -0.25) is 0 Å². The highest BCUT2D eigenvalue weighted by Crippen LogP contribution is 2.34. The van der Waals surface area contributed by atoms with E-state index in [9.17, 15) is 30.6 Å². The van der Waals surface area contributed by atoms with E-state index in [-0.39, 0.29) is 39.5 Å². The Balaban J connectivity index is 0.000000251. The Kier molecular flexibility index (Phi) is 13.5. The first kappa shape index (κ1) is 36.4. The normalized spacial score (nSPS) is 11.5. The fourth-order valence-electron chi connectivity index (χ4n) is 4.33. The number of ether oxygens (including phenoxy) is 2. The highest BCUT2D eigenvalue weighted by Gasteiger charge is 2.10. The number of halogens is 4. The Bertz CT molecular complexity index is 1700. The lowest BCUT2D eigenvalue weighted by atomic mass is 10.1. The van der Waals surface area contributed by atoms with Gasteiger partial charge in [-0.15, -0.1) is 0 Å². The fraction of sp³-hybridized carbons (Fsp3) is 0.176. The van der Waals surface area contributed by atoms with Crippen LogP contribution in [0, 0.1) is 0 Å². The van der Waals surface area contributed by atoms with Crippen LogP contribution in [0.1, 0.15) is 22.3 Å². The lowest BCUT2D eigenvalue weighted by Gasteiger charge is -2.11. The van der Waals surface area contributed by atoms with Crippen LogP contribution < -0.4 is 9.47 Å². The molecule has 0 aromatic heterocycles. The topological polar surface area (TPSA) is 140 Å². The van der Waals surface area contributed by atoms with Gasteiger partial charge in [0.15, 0.2) is 0 Å². The van der Waals surface area contributed by atoms with Crippen molar-refractivity contribution in [2.24, 2.45) is 0 Å². The summed E-state index contributed by atoms with van der Waals surface area (Å²) in [5.41, 5.74) is 2.74. The molecule has 0 amide bonds. The number of rotatable bonds is 10. The molecule has 4 aromatic rings. The van der Waals surface area contributed by atoms with E-state index in [1.807, 2.05) is 12.1 Å². The maximum atomic E-state index is 9.76. The van der Waals surface area contributed by atoms with Crippen molar-refractivity contribution >= 4 is 46.4 Å². The first-order chi connectivity index (χ1) is 21.8. The number of phenols is 6. The fourth-order valence-corrected chi connectivity index (χ4v) is 5.19. The number of hydrogen-bond acceptors (Lipinski definition) is 8. The van der Waals surface area contributed by atoms with Crippen molar-refractivity contribution in [3.8, 4) is 46.0 Å². The molecule has 0 saturated heterocycles. The number of phenolic OH excluding ortho intramolecular Hbond substituents is 6. The van der Waals surface area contributed by atoms with Gasteiger partial charge in [0.05, 0.1) is 24.3 Å². The molecule has 0 aliphatic rings. The van der Waals surface area contributed by atoms with Crippen molar-refractivity contribution in [2.45, 2.75) is 25.7 Å². The number of benzene rings is 4. The molecule has 0 radical (unpaired) electrons. The lowest BCUT2D eigenvalue weighted by molar-refractivity contribution is 0.400. The van der Waals surface area contributed by atoms with E-state index < -0.39 is 0 Å². The zero-order chi connectivity index (χ0) is 34.0. The predicted octanol–water partition coefficient (Wildman–Crippen LogP) is 8.75. The maximum Gasteiger partial charge on any atom is 0.138 e. The van der Waals surface area contributed by atoms with E-state index in [4.69, 9.17) is 55.9 Å². The quantitative estimate of drug-likeness (QED) is 0.0899. The van der Waals surface area contributed by atoms with Crippen LogP contribution in [0.15, 0.2) is 82.9 Å². The summed E-state index contributed by atoms with van der Waals surface area (Å²) in [6.45, 7) is 0. The molecule has 0 fully saturated rings. The van der Waals surface area contributed by atoms with Gasteiger partial charge in [0, 0.05) is 58.3 Å². The third-order valence-corrected chi connectivity index (χ3v) is 7.63. The van der Waals surface area contributed by atoms with Crippen LogP contribution in [-0.4, -0.2) is 44.9 Å². The molecule has 4 rings (SSSR count). The Morgan fingerprint density at radius 3 is 1.46 bits per heavy atom. The van der Waals surface area contributed by atoms with Gasteiger partial charge in [-0.2, -0.15) is 0 Å². The zero-order valence-corrected chi connectivity index (χ0v) is 27.8. The van der Waals surface area contributed by atoms with Crippen molar-refractivity contribution in [3.05, 3.63) is 115 Å². The molecule has 0 spiro atoms. The van der Waals surface area contributed by atoms with Crippen LogP contribution in [0.2, 0.25) is 10.0 Å². The molecular formula is C34H32Cl4O8. The van der Waals surface area contributed by atoms with Crippen LogP contribution in [0.3, 0.4) is 0 Å². The van der Waals surface area contributed by atoms with Gasteiger partial charge in [-0.05, 0) is 60.4 Å². The molecule has 244 valence electrons. The van der Waals surface area contributed by atoms with Gasteiger partial charge in [0.1, 0.15) is 46.0 Å². The number of hydrogen-bond donors (Lipinski definition) is 6. The van der Waals surface area contributed by atoms with Crippen molar-refractivity contribution in [1.82, 2.24) is 0 Å². The van der Waals surface area contributed by atoms with Crippen LogP contribution in [0.25, 0.3) is 0 Å². The van der Waals surface area contributed by atoms with Crippen molar-refractivity contribution in [1.29, 1.82) is 0 Å². The SMILES string of the molecule is COc1cc(C/C=C(/Cl)Cc2cc(O)cc(O)c2)c(OC)cc1Cl.Oc1cc(O)cc(C/C(Cl)=C\Cc2cc(O)c(Cl)cc2O)c1. The molecule has 0 atom stereocenters. The summed E-state index contributed by atoms with van der Waals surface area (Å²) in [5, 5.41) is 58.7.